The zero-order valence-electron chi connectivity index (χ0n) is 10.6. The predicted molar refractivity (Wildman–Crippen MR) is 81.8 cm³/mol. The van der Waals surface area contributed by atoms with E-state index in [2.05, 4.69) is 10.6 Å². The Morgan fingerprint density at radius 1 is 0.905 bits per heavy atom. The molecule has 0 heterocycles. The molecule has 0 aliphatic heterocycles. The minimum absolute atomic E-state index is 0.131. The molecule has 0 spiro atoms. The Morgan fingerprint density at radius 2 is 1.57 bits per heavy atom. The van der Waals surface area contributed by atoms with Crippen molar-refractivity contribution in [2.75, 3.05) is 10.6 Å². The lowest BCUT2D eigenvalue weighted by molar-refractivity contribution is -0.133. The number of halogens is 2. The molecule has 2 aromatic carbocycles. The number of nitrogens with one attached hydrogen (secondary N) is 2. The molecule has 2 rings (SSSR count). The molecule has 0 aromatic heterocycles. The molecular weight excluding hydrogens is 315 g/mol. The smallest absolute Gasteiger partial charge is 0.314 e. The molecule has 3 N–H and O–H groups in total. The van der Waals surface area contributed by atoms with Crippen molar-refractivity contribution in [2.45, 2.75) is 0 Å². The number of phenolic OH excluding ortho intramolecular Hbond substituents is 1. The number of hydrogen-bond donors (Lipinski definition) is 3. The lowest BCUT2D eigenvalue weighted by Crippen LogP contribution is -2.29. The molecular formula is C14H10Cl2N2O3. The zero-order valence-corrected chi connectivity index (χ0v) is 12.1. The van der Waals surface area contributed by atoms with Crippen molar-refractivity contribution in [1.82, 2.24) is 0 Å². The Hall–Kier alpha value is -2.24. The van der Waals surface area contributed by atoms with Crippen molar-refractivity contribution < 1.29 is 14.7 Å². The van der Waals surface area contributed by atoms with E-state index in [4.69, 9.17) is 23.2 Å². The highest BCUT2D eigenvalue weighted by Crippen LogP contribution is 2.25. The number of anilines is 2. The van der Waals surface area contributed by atoms with Crippen LogP contribution in [0, 0.1) is 0 Å². The topological polar surface area (TPSA) is 78.4 Å². The third kappa shape index (κ3) is 3.87. The number of aromatic hydroxyl groups is 1. The first-order chi connectivity index (χ1) is 9.97. The summed E-state index contributed by atoms with van der Waals surface area (Å²) < 4.78 is 0. The van der Waals surface area contributed by atoms with Crippen LogP contribution in [0.25, 0.3) is 0 Å². The third-order valence-electron chi connectivity index (χ3n) is 2.54. The summed E-state index contributed by atoms with van der Waals surface area (Å²) in [5, 5.41) is 14.8. The molecule has 0 aliphatic rings. The number of hydrogen-bond acceptors (Lipinski definition) is 3. The predicted octanol–water partition coefficient (Wildman–Crippen LogP) is 3.28. The number of carbonyl (C=O) groups excluding carboxylic acids is 2. The van der Waals surface area contributed by atoms with Gasteiger partial charge in [0.1, 0.15) is 5.75 Å². The first-order valence-electron chi connectivity index (χ1n) is 5.83. The quantitative estimate of drug-likeness (QED) is 0.586. The molecule has 21 heavy (non-hydrogen) atoms. The van der Waals surface area contributed by atoms with Crippen LogP contribution in [-0.2, 0) is 9.59 Å². The molecule has 0 unspecified atom stereocenters. The Kier molecular flexibility index (Phi) is 4.67. The number of rotatable bonds is 2. The summed E-state index contributed by atoms with van der Waals surface area (Å²) in [5.41, 5.74) is 0.480. The Labute approximate surface area is 130 Å². The number of para-hydroxylation sites is 2. The van der Waals surface area contributed by atoms with Crippen LogP contribution in [0.1, 0.15) is 0 Å². The molecule has 0 saturated carbocycles. The van der Waals surface area contributed by atoms with Crippen molar-refractivity contribution in [3.63, 3.8) is 0 Å². The van der Waals surface area contributed by atoms with Crippen molar-refractivity contribution in [3.05, 3.63) is 52.5 Å². The van der Waals surface area contributed by atoms with Crippen LogP contribution >= 0.6 is 23.2 Å². The Bertz CT molecular complexity index is 704. The van der Waals surface area contributed by atoms with Crippen LogP contribution in [0.4, 0.5) is 11.4 Å². The van der Waals surface area contributed by atoms with Gasteiger partial charge in [0.15, 0.2) is 0 Å². The van der Waals surface area contributed by atoms with E-state index in [-0.39, 0.29) is 16.5 Å². The second kappa shape index (κ2) is 6.47. The van der Waals surface area contributed by atoms with Gasteiger partial charge in [-0.15, -0.1) is 0 Å². The second-order valence-electron chi connectivity index (χ2n) is 4.05. The first-order valence-corrected chi connectivity index (χ1v) is 6.58. The van der Waals surface area contributed by atoms with E-state index in [0.717, 1.165) is 0 Å². The lowest BCUT2D eigenvalue weighted by atomic mass is 10.3. The summed E-state index contributed by atoms with van der Waals surface area (Å²) in [7, 11) is 0. The molecule has 0 bridgehead atoms. The summed E-state index contributed by atoms with van der Waals surface area (Å²) in [6.45, 7) is 0. The van der Waals surface area contributed by atoms with Crippen molar-refractivity contribution in [2.24, 2.45) is 0 Å². The number of phenols is 1. The standard InChI is InChI=1S/C14H10Cl2N2O3/c15-9-6-5-8(7-10(9)16)17-13(20)14(21)18-11-3-1-2-4-12(11)19/h1-7,19H,(H,17,20)(H,18,21). The van der Waals surface area contributed by atoms with Gasteiger partial charge in [-0.2, -0.15) is 0 Å². The van der Waals surface area contributed by atoms with Crippen LogP contribution in [0.3, 0.4) is 0 Å². The summed E-state index contributed by atoms with van der Waals surface area (Å²) in [6, 6.07) is 10.5. The fourth-order valence-electron chi connectivity index (χ4n) is 1.52. The maximum Gasteiger partial charge on any atom is 0.314 e. The maximum atomic E-state index is 11.7. The largest absolute Gasteiger partial charge is 0.506 e. The van der Waals surface area contributed by atoms with E-state index < -0.39 is 11.8 Å². The zero-order chi connectivity index (χ0) is 15.4. The van der Waals surface area contributed by atoms with Gasteiger partial charge in [0.05, 0.1) is 15.7 Å². The van der Waals surface area contributed by atoms with Crippen molar-refractivity contribution >= 4 is 46.4 Å². The molecule has 0 radical (unpaired) electrons. The fourth-order valence-corrected chi connectivity index (χ4v) is 1.82. The van der Waals surface area contributed by atoms with Crippen LogP contribution < -0.4 is 10.6 Å². The summed E-state index contributed by atoms with van der Waals surface area (Å²) >= 11 is 11.6. The van der Waals surface area contributed by atoms with Crippen molar-refractivity contribution in [3.8, 4) is 5.75 Å². The van der Waals surface area contributed by atoms with E-state index in [1.54, 1.807) is 12.1 Å². The SMILES string of the molecule is O=C(Nc1ccc(Cl)c(Cl)c1)C(=O)Nc1ccccc1O. The average molecular weight is 325 g/mol. The van der Waals surface area contributed by atoms with Gasteiger partial charge < -0.3 is 15.7 Å². The number of benzene rings is 2. The Morgan fingerprint density at radius 3 is 2.24 bits per heavy atom. The molecule has 7 heteroatoms. The third-order valence-corrected chi connectivity index (χ3v) is 3.27. The summed E-state index contributed by atoms with van der Waals surface area (Å²) in [6.07, 6.45) is 0. The summed E-state index contributed by atoms with van der Waals surface area (Å²) in [5.74, 6) is -1.94. The molecule has 5 nitrogen and oxygen atoms in total. The molecule has 0 saturated heterocycles. The first kappa shape index (κ1) is 15.2. The van der Waals surface area contributed by atoms with E-state index in [9.17, 15) is 14.7 Å². The highest BCUT2D eigenvalue weighted by molar-refractivity contribution is 6.44. The van der Waals surface area contributed by atoms with Gasteiger partial charge in [0.2, 0.25) is 0 Å². The molecule has 2 aromatic rings. The van der Waals surface area contributed by atoms with Gasteiger partial charge >= 0.3 is 11.8 Å². The average Bonchev–Trinajstić information content (AvgIpc) is 2.45. The normalized spacial score (nSPS) is 10.0. The lowest BCUT2D eigenvalue weighted by Gasteiger charge is -2.08. The molecule has 2 amide bonds. The van der Waals surface area contributed by atoms with Crippen LogP contribution in [0.2, 0.25) is 10.0 Å². The van der Waals surface area contributed by atoms with Crippen LogP contribution in [0.5, 0.6) is 5.75 Å². The summed E-state index contributed by atoms with van der Waals surface area (Å²) in [4.78, 5) is 23.5. The molecule has 0 atom stereocenters. The van der Waals surface area contributed by atoms with Gasteiger partial charge in [-0.1, -0.05) is 35.3 Å². The molecule has 0 fully saturated rings. The number of carbonyl (C=O) groups is 2. The van der Waals surface area contributed by atoms with Crippen molar-refractivity contribution in [1.29, 1.82) is 0 Å². The highest BCUT2D eigenvalue weighted by Gasteiger charge is 2.15. The van der Waals surface area contributed by atoms with E-state index >= 15 is 0 Å². The minimum atomic E-state index is -0.914. The highest BCUT2D eigenvalue weighted by atomic mass is 35.5. The van der Waals surface area contributed by atoms with Gasteiger partial charge in [0.25, 0.3) is 0 Å². The monoisotopic (exact) mass is 324 g/mol. The fraction of sp³-hybridized carbons (Fsp3) is 0. The van der Waals surface area contributed by atoms with E-state index in [1.807, 2.05) is 0 Å². The second-order valence-corrected chi connectivity index (χ2v) is 4.87. The minimum Gasteiger partial charge on any atom is -0.506 e. The van der Waals surface area contributed by atoms with Gasteiger partial charge in [-0.3, -0.25) is 9.59 Å². The van der Waals surface area contributed by atoms with Gasteiger partial charge in [0, 0.05) is 5.69 Å². The Balaban J connectivity index is 2.04. The van der Waals surface area contributed by atoms with Gasteiger partial charge in [-0.05, 0) is 30.3 Å². The molecule has 108 valence electrons. The van der Waals surface area contributed by atoms with Crippen LogP contribution in [-0.4, -0.2) is 16.9 Å². The maximum absolute atomic E-state index is 11.7. The van der Waals surface area contributed by atoms with Crippen LogP contribution in [0.15, 0.2) is 42.5 Å². The number of amides is 2. The van der Waals surface area contributed by atoms with E-state index in [1.165, 1.54) is 30.3 Å². The molecule has 0 aliphatic carbocycles. The van der Waals surface area contributed by atoms with E-state index in [0.29, 0.717) is 10.7 Å². The van der Waals surface area contributed by atoms with Gasteiger partial charge in [-0.25, -0.2) is 0 Å².